The number of carbonyl (C=O) groups is 4. The average Bonchev–Trinajstić information content (AvgIpc) is 4.04. The molecule has 4 atom stereocenters. The van der Waals surface area contributed by atoms with Gasteiger partial charge in [0, 0.05) is 31.4 Å². The molecule has 15 nitrogen and oxygen atoms in total. The van der Waals surface area contributed by atoms with E-state index in [0.29, 0.717) is 36.9 Å². The normalized spacial score (nSPS) is 17.8. The van der Waals surface area contributed by atoms with Crippen LogP contribution in [0.2, 0.25) is 0 Å². The van der Waals surface area contributed by atoms with Crippen LogP contribution in [0.1, 0.15) is 62.0 Å². The van der Waals surface area contributed by atoms with Crippen LogP contribution in [0, 0.1) is 0 Å². The van der Waals surface area contributed by atoms with Gasteiger partial charge in [0.2, 0.25) is 11.8 Å². The minimum Gasteiger partial charge on any atom is -0.465 e. The van der Waals surface area contributed by atoms with Crippen LogP contribution < -0.4 is 10.6 Å². The lowest BCUT2D eigenvalue weighted by molar-refractivity contribution is -0.134. The number of carbonyl (C=O) groups excluding carboxylic acids is 3. The zero-order valence-corrected chi connectivity index (χ0v) is 30.6. The number of rotatable bonds is 11. The third-order valence-corrected chi connectivity index (χ3v) is 10.2. The summed E-state index contributed by atoms with van der Waals surface area (Å²) in [5.41, 5.74) is 6.26. The second-order valence-corrected chi connectivity index (χ2v) is 13.8. The van der Waals surface area contributed by atoms with Crippen LogP contribution in [0.4, 0.5) is 9.59 Å². The third-order valence-electron chi connectivity index (χ3n) is 10.2. The second kappa shape index (κ2) is 16.2. The molecule has 2 saturated heterocycles. The quantitative estimate of drug-likeness (QED) is 0.116. The maximum Gasteiger partial charge on any atom is 0.407 e. The molecule has 0 aliphatic carbocycles. The summed E-state index contributed by atoms with van der Waals surface area (Å²) in [6, 6.07) is 19.5. The maximum atomic E-state index is 13.7. The Labute approximate surface area is 317 Å². The number of hydrogen-bond donors (Lipinski definition) is 5. The highest BCUT2D eigenvalue weighted by atomic mass is 16.5. The fourth-order valence-electron chi connectivity index (χ4n) is 7.44. The number of imidazole rings is 2. The highest BCUT2D eigenvalue weighted by Crippen LogP contribution is 2.34. The van der Waals surface area contributed by atoms with E-state index in [1.807, 2.05) is 42.5 Å². The van der Waals surface area contributed by atoms with E-state index in [0.717, 1.165) is 52.9 Å². The summed E-state index contributed by atoms with van der Waals surface area (Å²) in [6.07, 6.45) is 6.52. The van der Waals surface area contributed by atoms with Gasteiger partial charge in [0.05, 0.1) is 43.0 Å². The van der Waals surface area contributed by atoms with Crippen LogP contribution in [-0.2, 0) is 20.7 Å². The van der Waals surface area contributed by atoms with Crippen LogP contribution in [0.25, 0.3) is 33.6 Å². The van der Waals surface area contributed by atoms with Crippen molar-refractivity contribution >= 4 is 24.0 Å². The molecule has 2 fully saturated rings. The molecular weight excluding hydrogens is 702 g/mol. The van der Waals surface area contributed by atoms with Gasteiger partial charge in [-0.3, -0.25) is 14.6 Å². The number of amides is 4. The van der Waals surface area contributed by atoms with Crippen molar-refractivity contribution in [3.05, 3.63) is 103 Å². The van der Waals surface area contributed by atoms with Gasteiger partial charge in [0.25, 0.3) is 0 Å². The number of H-pyrrole nitrogens is 2. The summed E-state index contributed by atoms with van der Waals surface area (Å²) in [5.74, 6) is 0.886. The topological polar surface area (TPSA) is 199 Å². The Morgan fingerprint density at radius 3 is 1.78 bits per heavy atom. The molecule has 5 aromatic rings. The Balaban J connectivity index is 0.994. The van der Waals surface area contributed by atoms with Crippen molar-refractivity contribution in [3.8, 4) is 33.6 Å². The highest BCUT2D eigenvalue weighted by Gasteiger charge is 2.37. The van der Waals surface area contributed by atoms with E-state index >= 15 is 0 Å². The summed E-state index contributed by atoms with van der Waals surface area (Å²) in [6.45, 7) is 2.74. The molecule has 0 unspecified atom stereocenters. The van der Waals surface area contributed by atoms with Gasteiger partial charge < -0.3 is 40.2 Å². The largest absolute Gasteiger partial charge is 0.465 e. The molecule has 2 aliphatic rings. The Kier molecular flexibility index (Phi) is 10.9. The number of hydrogen-bond acceptors (Lipinski definition) is 8. The zero-order valence-electron chi connectivity index (χ0n) is 30.6. The number of nitrogens with one attached hydrogen (secondary N) is 4. The standard InChI is InChI=1S/C40H43N9O6/c1-24(44-40(54)55-2)37(50)48-19-5-8-33(48)35-42-22-31(45-35)27-14-10-25(11-15-27)26-12-16-28(17-13-26)32-23-43-36(46-32)34-9-6-20-49(34)38(51)30(47-39(52)53)21-29-7-3-4-18-41-29/h3-4,7,10-18,22-24,30,33-34,47H,5-6,8-9,19-21H2,1-2H3,(H,42,45)(H,43,46)(H,44,54)(H,52,53)/t24-,30-,33-,34-/m0/s1. The molecule has 284 valence electrons. The first kappa shape index (κ1) is 36.8. The van der Waals surface area contributed by atoms with Crippen molar-refractivity contribution in [2.24, 2.45) is 0 Å². The molecule has 0 spiro atoms. The van der Waals surface area contributed by atoms with Gasteiger partial charge >= 0.3 is 12.2 Å². The zero-order chi connectivity index (χ0) is 38.5. The number of carboxylic acid groups (broad SMARTS) is 1. The summed E-state index contributed by atoms with van der Waals surface area (Å²) in [4.78, 5) is 73.8. The predicted molar refractivity (Wildman–Crippen MR) is 202 cm³/mol. The van der Waals surface area contributed by atoms with Crippen LogP contribution >= 0.6 is 0 Å². The lowest BCUT2D eigenvalue weighted by Gasteiger charge is -2.27. The first-order valence-electron chi connectivity index (χ1n) is 18.3. The summed E-state index contributed by atoms with van der Waals surface area (Å²) < 4.78 is 4.64. The first-order chi connectivity index (χ1) is 26.7. The number of methoxy groups -OCH3 is 1. The average molecular weight is 746 g/mol. The Hall–Kier alpha value is -6.51. The Morgan fingerprint density at radius 1 is 0.764 bits per heavy atom. The summed E-state index contributed by atoms with van der Waals surface area (Å²) in [5, 5.41) is 14.4. The molecule has 0 bridgehead atoms. The number of alkyl carbamates (subject to hydrolysis) is 1. The second-order valence-electron chi connectivity index (χ2n) is 13.8. The molecule has 15 heteroatoms. The molecular formula is C40H43N9O6. The van der Waals surface area contributed by atoms with Gasteiger partial charge in [-0.15, -0.1) is 0 Å². The third kappa shape index (κ3) is 8.20. The fourth-order valence-corrected chi connectivity index (χ4v) is 7.44. The molecule has 2 aliphatic heterocycles. The number of aromatic nitrogens is 5. The lowest BCUT2D eigenvalue weighted by Crippen LogP contribution is -2.49. The fraction of sp³-hybridized carbons (Fsp3) is 0.325. The van der Waals surface area contributed by atoms with Crippen LogP contribution in [0.15, 0.2) is 85.3 Å². The van der Waals surface area contributed by atoms with Crippen LogP contribution in [0.5, 0.6) is 0 Å². The first-order valence-corrected chi connectivity index (χ1v) is 18.3. The van der Waals surface area contributed by atoms with Gasteiger partial charge in [0.1, 0.15) is 23.7 Å². The Morgan fingerprint density at radius 2 is 1.29 bits per heavy atom. The van der Waals surface area contributed by atoms with Crippen molar-refractivity contribution in [1.82, 2.24) is 45.4 Å². The van der Waals surface area contributed by atoms with E-state index in [-0.39, 0.29) is 30.3 Å². The molecule has 55 heavy (non-hydrogen) atoms. The molecule has 5 heterocycles. The van der Waals surface area contributed by atoms with Crippen molar-refractivity contribution in [2.45, 2.75) is 63.2 Å². The number of benzene rings is 2. The molecule has 0 radical (unpaired) electrons. The predicted octanol–water partition coefficient (Wildman–Crippen LogP) is 5.48. The molecule has 0 saturated carbocycles. The van der Waals surface area contributed by atoms with Gasteiger partial charge in [-0.1, -0.05) is 54.6 Å². The van der Waals surface area contributed by atoms with E-state index in [4.69, 9.17) is 0 Å². The smallest absolute Gasteiger partial charge is 0.407 e. The molecule has 4 amide bonds. The molecule has 7 rings (SSSR count). The van der Waals surface area contributed by atoms with Crippen molar-refractivity contribution in [2.75, 3.05) is 20.2 Å². The monoisotopic (exact) mass is 745 g/mol. The molecule has 3 aromatic heterocycles. The van der Waals surface area contributed by atoms with E-state index in [9.17, 15) is 24.3 Å². The van der Waals surface area contributed by atoms with Crippen molar-refractivity contribution < 1.29 is 29.0 Å². The van der Waals surface area contributed by atoms with E-state index in [1.54, 1.807) is 47.4 Å². The number of ether oxygens (including phenoxy) is 1. The Bertz CT molecular complexity index is 2130. The number of nitrogens with zero attached hydrogens (tertiary/aromatic N) is 5. The minimum absolute atomic E-state index is 0.153. The minimum atomic E-state index is -1.26. The highest BCUT2D eigenvalue weighted by molar-refractivity contribution is 5.87. The lowest BCUT2D eigenvalue weighted by atomic mass is 10.0. The van der Waals surface area contributed by atoms with Gasteiger partial charge in [-0.25, -0.2) is 19.6 Å². The summed E-state index contributed by atoms with van der Waals surface area (Å²) >= 11 is 0. The molecule has 2 aromatic carbocycles. The van der Waals surface area contributed by atoms with Crippen LogP contribution in [0.3, 0.4) is 0 Å². The van der Waals surface area contributed by atoms with E-state index < -0.39 is 24.3 Å². The van der Waals surface area contributed by atoms with Crippen molar-refractivity contribution in [1.29, 1.82) is 0 Å². The van der Waals surface area contributed by atoms with E-state index in [2.05, 4.69) is 52.4 Å². The number of pyridine rings is 1. The van der Waals surface area contributed by atoms with Crippen molar-refractivity contribution in [3.63, 3.8) is 0 Å². The number of likely N-dealkylation sites (tertiary alicyclic amines) is 2. The maximum absolute atomic E-state index is 13.7. The number of aromatic amines is 2. The molecule has 5 N–H and O–H groups in total. The van der Waals surface area contributed by atoms with Gasteiger partial charge in [-0.2, -0.15) is 0 Å². The van der Waals surface area contributed by atoms with Gasteiger partial charge in [0.15, 0.2) is 0 Å². The van der Waals surface area contributed by atoms with E-state index in [1.165, 1.54) is 7.11 Å². The van der Waals surface area contributed by atoms with Gasteiger partial charge in [-0.05, 0) is 67.0 Å². The SMILES string of the molecule is COC(=O)N[C@@H](C)C(=O)N1CCC[C@H]1c1ncc(-c2ccc(-c3ccc(-c4cnc([C@@H]5CCCN5C(=O)[C@H](Cc5ccccn5)NC(=O)O)[nH]4)cc3)cc2)[nH]1. The summed E-state index contributed by atoms with van der Waals surface area (Å²) in [7, 11) is 1.27. The van der Waals surface area contributed by atoms with Crippen LogP contribution in [-0.4, -0.2) is 96.1 Å².